The first-order valence-corrected chi connectivity index (χ1v) is 6.94. The molecule has 0 rings (SSSR count). The zero-order valence-electron chi connectivity index (χ0n) is 8.64. The summed E-state index contributed by atoms with van der Waals surface area (Å²) < 4.78 is 5.85. The number of likely N-dealkylation sites (N-methyl/N-ethyl adjacent to an activating group) is 1. The molecule has 0 aliphatic heterocycles. The Hall–Kier alpha value is 0.452. The van der Waals surface area contributed by atoms with E-state index < -0.39 is 14.5 Å². The van der Waals surface area contributed by atoms with Crippen molar-refractivity contribution in [2.24, 2.45) is 0 Å². The van der Waals surface area contributed by atoms with E-state index in [4.69, 9.17) is 3.79 Å². The summed E-state index contributed by atoms with van der Waals surface area (Å²) in [6.07, 6.45) is 0. The number of hydrogen-bond acceptors (Lipinski definition) is 2. The lowest BCUT2D eigenvalue weighted by atomic mass is 10.1. The zero-order chi connectivity index (χ0) is 9.07. The third kappa shape index (κ3) is 6.84. The lowest BCUT2D eigenvalue weighted by Gasteiger charge is -2.31. The molecule has 0 aromatic heterocycles. The molecule has 3 heteroatoms. The highest BCUT2D eigenvalue weighted by Gasteiger charge is 2.21. The first-order valence-electron chi connectivity index (χ1n) is 4.16. The molecule has 0 atom stereocenters. The molecule has 0 heterocycles. The summed E-state index contributed by atoms with van der Waals surface area (Å²) in [5.74, 6) is 4.41. The third-order valence-corrected chi connectivity index (χ3v) is 2.36. The van der Waals surface area contributed by atoms with Crippen molar-refractivity contribution in [1.82, 2.24) is 4.90 Å². The molecule has 0 fully saturated rings. The van der Waals surface area contributed by atoms with Gasteiger partial charge in [0.05, 0.1) is 0 Å². The van der Waals surface area contributed by atoms with E-state index in [1.54, 1.807) is 0 Å². The highest BCUT2D eigenvalue weighted by molar-refractivity contribution is 6.48. The van der Waals surface area contributed by atoms with Gasteiger partial charge in [-0.15, -0.1) is 0 Å². The van der Waals surface area contributed by atoms with Gasteiger partial charge in [0.25, 0.3) is 0 Å². The third-order valence-electron chi connectivity index (χ3n) is 1.25. The van der Waals surface area contributed by atoms with Gasteiger partial charge in [0.1, 0.15) is 0 Å². The van der Waals surface area contributed by atoms with Crippen LogP contribution >= 0.6 is 0 Å². The summed E-state index contributed by atoms with van der Waals surface area (Å²) in [6.45, 7) is 5.30. The fraction of sp³-hybridized carbons (Fsp3) is 1.00. The van der Waals surface area contributed by atoms with Crippen LogP contribution in [-0.4, -0.2) is 45.6 Å². The molecule has 0 aromatic rings. The van der Waals surface area contributed by atoms with Gasteiger partial charge in [-0.1, -0.05) is 11.6 Å². The Kier molecular flexibility index (Phi) is 4.66. The van der Waals surface area contributed by atoms with Crippen LogP contribution in [0, 0.1) is 0 Å². The van der Waals surface area contributed by atoms with Gasteiger partial charge >= 0.3 is 14.5 Å². The van der Waals surface area contributed by atoms with Crippen molar-refractivity contribution in [2.75, 3.05) is 20.6 Å². The summed E-state index contributed by atoms with van der Waals surface area (Å²) in [7, 11) is 4.15. The topological polar surface area (TPSA) is 12.5 Å². The molecule has 0 amide bonds. The minimum Gasteiger partial charge on any atom is -0.496 e. The van der Waals surface area contributed by atoms with Gasteiger partial charge in [-0.2, -0.15) is 0 Å². The number of hydrogen-bond donors (Lipinski definition) is 0. The predicted molar refractivity (Wildman–Crippen MR) is 51.2 cm³/mol. The molecule has 0 aliphatic carbocycles. The fourth-order valence-electron chi connectivity index (χ4n) is 1.44. The zero-order valence-corrected chi connectivity index (χ0v) is 9.79. The van der Waals surface area contributed by atoms with Crippen molar-refractivity contribution in [1.29, 1.82) is 0 Å². The molecular weight excluding hydrogens is 153 g/mol. The molecular formula is C8H20AlNO. The van der Waals surface area contributed by atoms with Gasteiger partial charge in [-0.3, -0.25) is 0 Å². The Bertz CT molecular complexity index is 101. The Balaban J connectivity index is 3.79. The van der Waals surface area contributed by atoms with Crippen molar-refractivity contribution in [3.63, 3.8) is 0 Å². The summed E-state index contributed by atoms with van der Waals surface area (Å²) in [5.41, 5.74) is 0.0316. The predicted octanol–water partition coefficient (Wildman–Crippen LogP) is 1.59. The molecule has 0 bridgehead atoms. The van der Waals surface area contributed by atoms with Crippen molar-refractivity contribution in [3.8, 4) is 0 Å². The Morgan fingerprint density at radius 2 is 1.73 bits per heavy atom. The smallest absolute Gasteiger partial charge is 0.454 e. The second-order valence-electron chi connectivity index (χ2n) is 4.16. The number of nitrogens with zero attached hydrogens (tertiary/aromatic N) is 1. The largest absolute Gasteiger partial charge is 0.496 e. The average Bonchev–Trinajstić information content (AvgIpc) is 1.53. The highest BCUT2D eigenvalue weighted by atomic mass is 27.2. The van der Waals surface area contributed by atoms with Crippen LogP contribution in [0.4, 0.5) is 0 Å². The molecule has 0 radical (unpaired) electrons. The maximum Gasteiger partial charge on any atom is 0.454 e. The van der Waals surface area contributed by atoms with E-state index in [0.29, 0.717) is 0 Å². The van der Waals surface area contributed by atoms with Crippen LogP contribution in [0.1, 0.15) is 13.8 Å². The van der Waals surface area contributed by atoms with Crippen LogP contribution in [-0.2, 0) is 3.79 Å². The minimum absolute atomic E-state index is 0.0316. The van der Waals surface area contributed by atoms with E-state index in [-0.39, 0.29) is 5.60 Å². The van der Waals surface area contributed by atoms with Gasteiger partial charge in [0, 0.05) is 12.1 Å². The van der Waals surface area contributed by atoms with Crippen LogP contribution in [0.15, 0.2) is 0 Å². The van der Waals surface area contributed by atoms with Gasteiger partial charge in [0.15, 0.2) is 0 Å². The van der Waals surface area contributed by atoms with Crippen LogP contribution in [0.2, 0.25) is 11.6 Å². The molecule has 0 N–H and O–H groups in total. The highest BCUT2D eigenvalue weighted by Crippen LogP contribution is 2.11. The van der Waals surface area contributed by atoms with E-state index in [1.807, 2.05) is 0 Å². The molecule has 66 valence electrons. The second kappa shape index (κ2) is 4.47. The molecule has 0 spiro atoms. The van der Waals surface area contributed by atoms with E-state index in [2.05, 4.69) is 44.4 Å². The normalized spacial score (nSPS) is 12.3. The van der Waals surface area contributed by atoms with Crippen LogP contribution in [0.3, 0.4) is 0 Å². The molecule has 11 heavy (non-hydrogen) atoms. The first kappa shape index (κ1) is 11.5. The molecule has 0 aromatic carbocycles. The van der Waals surface area contributed by atoms with E-state index in [0.717, 1.165) is 6.54 Å². The Morgan fingerprint density at radius 1 is 1.27 bits per heavy atom. The van der Waals surface area contributed by atoms with Crippen LogP contribution in [0.5, 0.6) is 0 Å². The minimum atomic E-state index is -0.881. The second-order valence-corrected chi connectivity index (χ2v) is 6.50. The molecule has 2 nitrogen and oxygen atoms in total. The summed E-state index contributed by atoms with van der Waals surface area (Å²) in [4.78, 5) is 2.16. The lowest BCUT2D eigenvalue weighted by Crippen LogP contribution is -2.39. The number of rotatable bonds is 4. The maximum absolute atomic E-state index is 5.85. The average molecular weight is 173 g/mol. The van der Waals surface area contributed by atoms with Gasteiger partial charge in [-0.25, -0.2) is 0 Å². The maximum atomic E-state index is 5.85. The van der Waals surface area contributed by atoms with E-state index in [9.17, 15) is 0 Å². The van der Waals surface area contributed by atoms with Crippen molar-refractivity contribution in [2.45, 2.75) is 31.0 Å². The van der Waals surface area contributed by atoms with Gasteiger partial charge in [-0.05, 0) is 27.9 Å². The summed E-state index contributed by atoms with van der Waals surface area (Å²) in [6, 6.07) is 0. The van der Waals surface area contributed by atoms with Crippen LogP contribution < -0.4 is 0 Å². The van der Waals surface area contributed by atoms with Gasteiger partial charge in [0.2, 0.25) is 0 Å². The fourth-order valence-corrected chi connectivity index (χ4v) is 2.79. The molecule has 0 aliphatic rings. The Labute approximate surface area is 75.3 Å². The van der Waals surface area contributed by atoms with Crippen LogP contribution in [0.25, 0.3) is 0 Å². The standard InChI is InChI=1S/C6H14NO.2CH3.Al/c1-6(2,8)5-7(3)4;;;/h5H2,1-4H3;2*1H3;/q-1;;;+1. The Morgan fingerprint density at radius 3 is 2.00 bits per heavy atom. The quantitative estimate of drug-likeness (QED) is 0.599. The van der Waals surface area contributed by atoms with Gasteiger partial charge < -0.3 is 8.69 Å². The SMILES string of the molecule is CN(C)CC(C)(C)[O][Al]([CH3])[CH3]. The first-order chi connectivity index (χ1) is 4.83. The van der Waals surface area contributed by atoms with Crippen molar-refractivity contribution < 1.29 is 3.79 Å². The molecule has 0 saturated carbocycles. The monoisotopic (exact) mass is 173 g/mol. The van der Waals surface area contributed by atoms with Crippen molar-refractivity contribution in [3.05, 3.63) is 0 Å². The van der Waals surface area contributed by atoms with Crippen molar-refractivity contribution >= 4 is 14.5 Å². The lowest BCUT2D eigenvalue weighted by molar-refractivity contribution is 0.0771. The van der Waals surface area contributed by atoms with E-state index in [1.165, 1.54) is 0 Å². The summed E-state index contributed by atoms with van der Waals surface area (Å²) in [5, 5.41) is 0. The molecule has 0 saturated heterocycles. The van der Waals surface area contributed by atoms with E-state index >= 15 is 0 Å². The summed E-state index contributed by atoms with van der Waals surface area (Å²) >= 11 is -0.881. The molecule has 0 unspecified atom stereocenters.